The zero-order chi connectivity index (χ0) is 17.4. The van der Waals surface area contributed by atoms with Crippen LogP contribution in [-0.2, 0) is 0 Å². The Labute approximate surface area is 141 Å². The first kappa shape index (κ1) is 17.6. The third kappa shape index (κ3) is 5.15. The lowest BCUT2D eigenvalue weighted by atomic mass is 10.1. The highest BCUT2D eigenvalue weighted by Gasteiger charge is 2.09. The standard InChI is InChI=1S/C18H22N4O2/c1-3-4-5-11-19-17-10-9-16(21-22-17)18(24)20-15-8-6-7-14(12-15)13(2)23/h6-10,12H,3-5,11H2,1-2H3,(H,19,22)(H,20,24). The summed E-state index contributed by atoms with van der Waals surface area (Å²) < 4.78 is 0. The summed E-state index contributed by atoms with van der Waals surface area (Å²) in [5.41, 5.74) is 1.32. The fourth-order valence-electron chi connectivity index (χ4n) is 2.15. The van der Waals surface area contributed by atoms with Crippen LogP contribution < -0.4 is 10.6 Å². The number of benzene rings is 1. The summed E-state index contributed by atoms with van der Waals surface area (Å²) in [7, 11) is 0. The van der Waals surface area contributed by atoms with Crippen molar-refractivity contribution in [2.24, 2.45) is 0 Å². The van der Waals surface area contributed by atoms with Crippen LogP contribution in [0.4, 0.5) is 11.5 Å². The van der Waals surface area contributed by atoms with E-state index in [1.807, 2.05) is 0 Å². The molecule has 24 heavy (non-hydrogen) atoms. The minimum atomic E-state index is -0.360. The number of Topliss-reactive ketones (excluding diaryl/α,β-unsaturated/α-hetero) is 1. The second-order valence-corrected chi connectivity index (χ2v) is 5.53. The molecule has 0 radical (unpaired) electrons. The van der Waals surface area contributed by atoms with E-state index >= 15 is 0 Å². The van der Waals surface area contributed by atoms with Gasteiger partial charge >= 0.3 is 0 Å². The Balaban J connectivity index is 1.95. The molecule has 0 bridgehead atoms. The molecule has 1 amide bonds. The first-order chi connectivity index (χ1) is 11.6. The molecule has 0 spiro atoms. The smallest absolute Gasteiger partial charge is 0.276 e. The Kier molecular flexibility index (Phi) is 6.42. The summed E-state index contributed by atoms with van der Waals surface area (Å²) in [4.78, 5) is 23.6. The number of hydrogen-bond donors (Lipinski definition) is 2. The van der Waals surface area contributed by atoms with Gasteiger partial charge in [0.25, 0.3) is 5.91 Å². The number of nitrogens with zero attached hydrogens (tertiary/aromatic N) is 2. The van der Waals surface area contributed by atoms with E-state index in [1.165, 1.54) is 13.3 Å². The van der Waals surface area contributed by atoms with Crippen molar-refractivity contribution in [2.75, 3.05) is 17.2 Å². The maximum Gasteiger partial charge on any atom is 0.276 e. The molecule has 126 valence electrons. The average molecular weight is 326 g/mol. The number of hydrogen-bond acceptors (Lipinski definition) is 5. The molecule has 0 unspecified atom stereocenters. The minimum absolute atomic E-state index is 0.0515. The second kappa shape index (κ2) is 8.76. The van der Waals surface area contributed by atoms with Gasteiger partial charge in [-0.1, -0.05) is 31.9 Å². The highest BCUT2D eigenvalue weighted by molar-refractivity contribution is 6.03. The number of rotatable bonds is 8. The lowest BCUT2D eigenvalue weighted by Gasteiger charge is -2.07. The van der Waals surface area contributed by atoms with Gasteiger partial charge in [0.05, 0.1) is 0 Å². The Morgan fingerprint density at radius 2 is 1.92 bits per heavy atom. The van der Waals surface area contributed by atoms with Crippen LogP contribution in [-0.4, -0.2) is 28.4 Å². The molecule has 0 atom stereocenters. The molecule has 2 N–H and O–H groups in total. The summed E-state index contributed by atoms with van der Waals surface area (Å²) in [6.45, 7) is 4.48. The number of carbonyl (C=O) groups is 2. The summed E-state index contributed by atoms with van der Waals surface area (Å²) in [6.07, 6.45) is 3.41. The first-order valence-corrected chi connectivity index (χ1v) is 8.10. The monoisotopic (exact) mass is 326 g/mol. The number of ketones is 1. The van der Waals surface area contributed by atoms with Crippen molar-refractivity contribution in [3.63, 3.8) is 0 Å². The van der Waals surface area contributed by atoms with E-state index in [9.17, 15) is 9.59 Å². The van der Waals surface area contributed by atoms with E-state index in [4.69, 9.17) is 0 Å². The van der Waals surface area contributed by atoms with E-state index in [0.29, 0.717) is 17.1 Å². The second-order valence-electron chi connectivity index (χ2n) is 5.53. The van der Waals surface area contributed by atoms with Crippen molar-refractivity contribution >= 4 is 23.2 Å². The largest absolute Gasteiger partial charge is 0.369 e. The van der Waals surface area contributed by atoms with Crippen molar-refractivity contribution in [1.29, 1.82) is 0 Å². The van der Waals surface area contributed by atoms with Crippen LogP contribution in [0.5, 0.6) is 0 Å². The van der Waals surface area contributed by atoms with Crippen molar-refractivity contribution < 1.29 is 9.59 Å². The van der Waals surface area contributed by atoms with Crippen molar-refractivity contribution in [1.82, 2.24) is 10.2 Å². The fraction of sp³-hybridized carbons (Fsp3) is 0.333. The molecule has 0 aliphatic heterocycles. The highest BCUT2D eigenvalue weighted by Crippen LogP contribution is 2.12. The molecule has 2 rings (SSSR count). The molecule has 0 aliphatic carbocycles. The van der Waals surface area contributed by atoms with Gasteiger partial charge in [-0.2, -0.15) is 0 Å². The van der Waals surface area contributed by atoms with Crippen molar-refractivity contribution in [2.45, 2.75) is 33.1 Å². The average Bonchev–Trinajstić information content (AvgIpc) is 2.59. The van der Waals surface area contributed by atoms with E-state index < -0.39 is 0 Å². The third-order valence-electron chi connectivity index (χ3n) is 3.51. The molecule has 2 aromatic rings. The maximum absolute atomic E-state index is 12.2. The van der Waals surface area contributed by atoms with Crippen LogP contribution in [0.25, 0.3) is 0 Å². The van der Waals surface area contributed by atoms with E-state index in [-0.39, 0.29) is 17.4 Å². The number of aromatic nitrogens is 2. The maximum atomic E-state index is 12.2. The molecule has 6 heteroatoms. The van der Waals surface area contributed by atoms with Crippen LogP contribution in [0.2, 0.25) is 0 Å². The van der Waals surface area contributed by atoms with Crippen LogP contribution >= 0.6 is 0 Å². The zero-order valence-corrected chi connectivity index (χ0v) is 14.0. The molecule has 6 nitrogen and oxygen atoms in total. The number of amides is 1. The van der Waals surface area contributed by atoms with Gasteiger partial charge < -0.3 is 10.6 Å². The molecule has 1 aromatic carbocycles. The predicted octanol–water partition coefficient (Wildman–Crippen LogP) is 3.53. The normalized spacial score (nSPS) is 10.2. The van der Waals surface area contributed by atoms with Gasteiger partial charge in [-0.3, -0.25) is 9.59 Å². The number of carbonyl (C=O) groups excluding carboxylic acids is 2. The van der Waals surface area contributed by atoms with Crippen LogP contribution in [0.3, 0.4) is 0 Å². The molecular formula is C18H22N4O2. The Bertz CT molecular complexity index is 698. The summed E-state index contributed by atoms with van der Waals surface area (Å²) in [5.74, 6) is 0.242. The molecular weight excluding hydrogens is 304 g/mol. The molecule has 0 saturated carbocycles. The van der Waals surface area contributed by atoms with Crippen LogP contribution in [0.15, 0.2) is 36.4 Å². The van der Waals surface area contributed by atoms with Gasteiger partial charge in [-0.15, -0.1) is 10.2 Å². The van der Waals surface area contributed by atoms with Gasteiger partial charge in [0.2, 0.25) is 0 Å². The minimum Gasteiger partial charge on any atom is -0.369 e. The van der Waals surface area contributed by atoms with E-state index in [2.05, 4.69) is 27.8 Å². The number of unbranched alkanes of at least 4 members (excludes halogenated alkanes) is 2. The van der Waals surface area contributed by atoms with Gasteiger partial charge in [0.1, 0.15) is 5.82 Å². The topological polar surface area (TPSA) is 84.0 Å². The Morgan fingerprint density at radius 3 is 2.58 bits per heavy atom. The lowest BCUT2D eigenvalue weighted by molar-refractivity contribution is 0.100. The van der Waals surface area contributed by atoms with Gasteiger partial charge in [0.15, 0.2) is 11.5 Å². The van der Waals surface area contributed by atoms with E-state index in [1.54, 1.807) is 36.4 Å². The Hall–Kier alpha value is -2.76. The third-order valence-corrected chi connectivity index (χ3v) is 3.51. The number of anilines is 2. The molecule has 0 saturated heterocycles. The molecule has 1 aromatic heterocycles. The molecule has 1 heterocycles. The quantitative estimate of drug-likeness (QED) is 0.572. The van der Waals surface area contributed by atoms with Gasteiger partial charge in [0, 0.05) is 17.8 Å². The van der Waals surface area contributed by atoms with E-state index in [0.717, 1.165) is 19.4 Å². The van der Waals surface area contributed by atoms with Crippen molar-refractivity contribution in [3.05, 3.63) is 47.7 Å². The first-order valence-electron chi connectivity index (χ1n) is 8.10. The highest BCUT2D eigenvalue weighted by atomic mass is 16.2. The Morgan fingerprint density at radius 1 is 1.08 bits per heavy atom. The summed E-state index contributed by atoms with van der Waals surface area (Å²) in [5, 5.41) is 13.8. The predicted molar refractivity (Wildman–Crippen MR) is 94.4 cm³/mol. The molecule has 0 fully saturated rings. The fourth-order valence-corrected chi connectivity index (χ4v) is 2.15. The van der Waals surface area contributed by atoms with Gasteiger partial charge in [-0.05, 0) is 37.6 Å². The SMILES string of the molecule is CCCCCNc1ccc(C(=O)Nc2cccc(C(C)=O)c2)nn1. The van der Waals surface area contributed by atoms with Crippen LogP contribution in [0, 0.1) is 0 Å². The zero-order valence-electron chi connectivity index (χ0n) is 14.0. The summed E-state index contributed by atoms with van der Waals surface area (Å²) >= 11 is 0. The van der Waals surface area contributed by atoms with Crippen LogP contribution in [0.1, 0.15) is 54.0 Å². The molecule has 0 aliphatic rings. The van der Waals surface area contributed by atoms with Gasteiger partial charge in [-0.25, -0.2) is 0 Å². The lowest BCUT2D eigenvalue weighted by Crippen LogP contribution is -2.15. The number of nitrogens with one attached hydrogen (secondary N) is 2. The van der Waals surface area contributed by atoms with Crippen molar-refractivity contribution in [3.8, 4) is 0 Å². The summed E-state index contributed by atoms with van der Waals surface area (Å²) in [6, 6.07) is 10.1.